The van der Waals surface area contributed by atoms with Crippen molar-refractivity contribution in [1.29, 1.82) is 0 Å². The van der Waals surface area contributed by atoms with E-state index in [9.17, 15) is 49.2 Å². The Morgan fingerprint density at radius 1 is 0.550 bits per heavy atom. The van der Waals surface area contributed by atoms with Gasteiger partial charge in [0.2, 0.25) is 0 Å². The molecule has 0 aromatic heterocycles. The summed E-state index contributed by atoms with van der Waals surface area (Å²) in [7, 11) is 0. The van der Waals surface area contributed by atoms with Gasteiger partial charge in [0, 0.05) is 0 Å². The number of aliphatic hydroxyl groups is 2. The van der Waals surface area contributed by atoms with Gasteiger partial charge in [0.15, 0.2) is 11.2 Å². The summed E-state index contributed by atoms with van der Waals surface area (Å²) in [5.41, 5.74) is -9.04. The minimum absolute atomic E-state index is 0.0505. The first kappa shape index (κ1) is 38.9. The zero-order valence-electron chi connectivity index (χ0n) is 24.3. The Morgan fingerprint density at radius 2 is 0.775 bits per heavy atom. The molecular weight excluding hydrogens is 536 g/mol. The van der Waals surface area contributed by atoms with Crippen LogP contribution in [0.3, 0.4) is 0 Å². The molecule has 2 atom stereocenters. The number of ether oxygens (including phenoxy) is 2. The fraction of sp³-hybridized carbons (Fsp3) is 0.769. The average Bonchev–Trinajstić information content (AvgIpc) is 2.79. The van der Waals surface area contributed by atoms with E-state index in [0.29, 0.717) is 0 Å². The van der Waals surface area contributed by atoms with Crippen LogP contribution in [-0.2, 0) is 38.2 Å². The van der Waals surface area contributed by atoms with E-state index in [2.05, 4.69) is 0 Å². The van der Waals surface area contributed by atoms with Gasteiger partial charge in [0.1, 0.15) is 10.8 Å². The van der Waals surface area contributed by atoms with Crippen molar-refractivity contribution in [2.75, 3.05) is 0 Å². The largest absolute Gasteiger partial charge is 0.481 e. The van der Waals surface area contributed by atoms with Crippen LogP contribution in [0, 0.1) is 10.8 Å². The van der Waals surface area contributed by atoms with Gasteiger partial charge in [-0.25, -0.2) is 9.59 Å². The Labute approximate surface area is 233 Å². The summed E-state index contributed by atoms with van der Waals surface area (Å²) in [6.45, 7) is 12.4. The first-order valence-electron chi connectivity index (χ1n) is 12.9. The third-order valence-electron chi connectivity index (χ3n) is 6.99. The molecule has 0 saturated heterocycles. The number of esters is 2. The lowest BCUT2D eigenvalue weighted by Gasteiger charge is -2.41. The van der Waals surface area contributed by atoms with E-state index in [4.69, 9.17) is 19.7 Å². The maximum atomic E-state index is 12.2. The molecule has 0 heterocycles. The van der Waals surface area contributed by atoms with Gasteiger partial charge < -0.3 is 40.1 Å². The molecular formula is C26H44O14. The van der Waals surface area contributed by atoms with Crippen molar-refractivity contribution in [3.8, 4) is 0 Å². The summed E-state index contributed by atoms with van der Waals surface area (Å²) in [6.07, 6.45) is -3.34. The number of hydrogen-bond donors (Lipinski definition) is 6. The molecule has 0 rings (SSSR count). The van der Waals surface area contributed by atoms with E-state index in [1.807, 2.05) is 0 Å². The fourth-order valence-electron chi connectivity index (χ4n) is 4.58. The minimum atomic E-state index is -2.71. The first-order valence-corrected chi connectivity index (χ1v) is 12.9. The van der Waals surface area contributed by atoms with Gasteiger partial charge in [0.25, 0.3) is 0 Å². The molecule has 0 aliphatic carbocycles. The second-order valence-electron chi connectivity index (χ2n) is 9.96. The summed E-state index contributed by atoms with van der Waals surface area (Å²) >= 11 is 0. The molecule has 6 N–H and O–H groups in total. The van der Waals surface area contributed by atoms with Gasteiger partial charge in [-0.2, -0.15) is 0 Å². The molecule has 232 valence electrons. The molecule has 0 radical (unpaired) electrons. The Hall–Kier alpha value is -3.26. The van der Waals surface area contributed by atoms with Crippen LogP contribution in [0.2, 0.25) is 0 Å². The zero-order chi connectivity index (χ0) is 32.3. The molecule has 0 aromatic rings. The van der Waals surface area contributed by atoms with Crippen molar-refractivity contribution in [3.63, 3.8) is 0 Å². The lowest BCUT2D eigenvalue weighted by Crippen LogP contribution is -2.59. The molecule has 0 aliphatic heterocycles. The second-order valence-corrected chi connectivity index (χ2v) is 9.96. The predicted octanol–water partition coefficient (Wildman–Crippen LogP) is 2.07. The molecule has 0 aliphatic rings. The molecule has 40 heavy (non-hydrogen) atoms. The van der Waals surface area contributed by atoms with E-state index in [0.717, 1.165) is 0 Å². The number of carbonyl (C=O) groups is 6. The van der Waals surface area contributed by atoms with Crippen LogP contribution in [0.5, 0.6) is 0 Å². The highest BCUT2D eigenvalue weighted by atomic mass is 16.6. The monoisotopic (exact) mass is 580 g/mol. The van der Waals surface area contributed by atoms with Crippen molar-refractivity contribution in [2.45, 2.75) is 117 Å². The smallest absolute Gasteiger partial charge is 0.337 e. The van der Waals surface area contributed by atoms with Crippen molar-refractivity contribution < 1.29 is 68.9 Å². The molecule has 2 unspecified atom stereocenters. The number of rotatable bonds is 16. The fourth-order valence-corrected chi connectivity index (χ4v) is 4.58. The molecule has 0 aromatic carbocycles. The van der Waals surface area contributed by atoms with Gasteiger partial charge in [-0.05, 0) is 53.4 Å². The first-order chi connectivity index (χ1) is 18.1. The van der Waals surface area contributed by atoms with E-state index in [-0.39, 0.29) is 25.7 Å². The highest BCUT2D eigenvalue weighted by Gasteiger charge is 2.61. The van der Waals surface area contributed by atoms with Crippen molar-refractivity contribution in [2.24, 2.45) is 10.8 Å². The highest BCUT2D eigenvalue weighted by molar-refractivity contribution is 5.93. The standard InChI is InChI=1S/2C13H22O7/c2*1-5-12(6-2,11(18)20-8(3)4)13(19,10(16)17)7-9(14)15/h2*8,19H,5-7H2,1-4H3,(H,14,15)(H,16,17). The van der Waals surface area contributed by atoms with Crippen molar-refractivity contribution in [1.82, 2.24) is 0 Å². The molecule has 0 saturated carbocycles. The van der Waals surface area contributed by atoms with Crippen LogP contribution in [0.1, 0.15) is 93.9 Å². The Balaban J connectivity index is 0. The number of carbonyl (C=O) groups excluding carboxylic acids is 2. The summed E-state index contributed by atoms with van der Waals surface area (Å²) in [5.74, 6) is -8.29. The third-order valence-corrected chi connectivity index (χ3v) is 6.99. The molecule has 0 spiro atoms. The van der Waals surface area contributed by atoms with Gasteiger partial charge in [-0.3, -0.25) is 19.2 Å². The zero-order valence-corrected chi connectivity index (χ0v) is 24.3. The summed E-state index contributed by atoms with van der Waals surface area (Å²) in [5, 5.41) is 56.9. The molecule has 0 fully saturated rings. The molecule has 14 heteroatoms. The Morgan fingerprint density at radius 3 is 0.900 bits per heavy atom. The molecule has 14 nitrogen and oxygen atoms in total. The van der Waals surface area contributed by atoms with E-state index in [1.54, 1.807) is 27.7 Å². The highest BCUT2D eigenvalue weighted by Crippen LogP contribution is 2.44. The molecule has 0 bridgehead atoms. The van der Waals surface area contributed by atoms with Gasteiger partial charge in [-0.15, -0.1) is 0 Å². The van der Waals surface area contributed by atoms with E-state index >= 15 is 0 Å². The number of carboxylic acids is 4. The SMILES string of the molecule is CCC(CC)(C(=O)OC(C)C)C(O)(CC(=O)O)C(=O)O.CCC(CC)(C(=O)OC(C)C)C(O)(CC(=O)O)C(=O)O. The van der Waals surface area contributed by atoms with Crippen LogP contribution < -0.4 is 0 Å². The maximum Gasteiger partial charge on any atom is 0.337 e. The summed E-state index contributed by atoms with van der Waals surface area (Å²) < 4.78 is 10.0. The summed E-state index contributed by atoms with van der Waals surface area (Å²) in [6, 6.07) is 0. The van der Waals surface area contributed by atoms with Crippen LogP contribution in [0.15, 0.2) is 0 Å². The number of aliphatic carboxylic acids is 4. The van der Waals surface area contributed by atoms with Gasteiger partial charge in [0.05, 0.1) is 25.0 Å². The van der Waals surface area contributed by atoms with Crippen molar-refractivity contribution >= 4 is 35.8 Å². The lowest BCUT2D eigenvalue weighted by atomic mass is 9.66. The maximum absolute atomic E-state index is 12.2. The topological polar surface area (TPSA) is 242 Å². The molecule has 0 amide bonds. The predicted molar refractivity (Wildman–Crippen MR) is 138 cm³/mol. The van der Waals surface area contributed by atoms with Gasteiger partial charge >= 0.3 is 35.8 Å². The second kappa shape index (κ2) is 15.5. The number of hydrogen-bond acceptors (Lipinski definition) is 10. The Bertz CT molecular complexity index is 842. The Kier molecular flexibility index (Phi) is 15.1. The lowest BCUT2D eigenvalue weighted by molar-refractivity contribution is -0.200. The van der Waals surface area contributed by atoms with E-state index in [1.165, 1.54) is 27.7 Å². The van der Waals surface area contributed by atoms with Gasteiger partial charge in [-0.1, -0.05) is 27.7 Å². The average molecular weight is 581 g/mol. The van der Waals surface area contributed by atoms with Crippen molar-refractivity contribution in [3.05, 3.63) is 0 Å². The quantitative estimate of drug-likeness (QED) is 0.143. The third kappa shape index (κ3) is 8.37. The van der Waals surface area contributed by atoms with E-state index < -0.39 is 82.9 Å². The summed E-state index contributed by atoms with van der Waals surface area (Å²) in [4.78, 5) is 69.0. The normalized spacial score (nSPS) is 14.7. The van der Waals surface area contributed by atoms with Crippen LogP contribution >= 0.6 is 0 Å². The van der Waals surface area contributed by atoms with Crippen LogP contribution in [-0.4, -0.2) is 89.9 Å². The van der Waals surface area contributed by atoms with Crippen LogP contribution in [0.25, 0.3) is 0 Å². The number of carboxylic acid groups (broad SMARTS) is 4. The minimum Gasteiger partial charge on any atom is -0.481 e. The van der Waals surface area contributed by atoms with Crippen LogP contribution in [0.4, 0.5) is 0 Å².